The van der Waals surface area contributed by atoms with Crippen molar-refractivity contribution in [2.45, 2.75) is 19.8 Å². The highest BCUT2D eigenvalue weighted by atomic mass is 32.1. The minimum absolute atomic E-state index is 0.289. The van der Waals surface area contributed by atoms with Gasteiger partial charge in [0.2, 0.25) is 0 Å². The Morgan fingerprint density at radius 2 is 2.16 bits per heavy atom. The first-order valence-electron chi connectivity index (χ1n) is 5.80. The molecule has 2 aromatic rings. The first kappa shape index (κ1) is 13.4. The van der Waals surface area contributed by atoms with E-state index in [-0.39, 0.29) is 11.6 Å². The fourth-order valence-electron chi connectivity index (χ4n) is 1.41. The number of thiazole rings is 1. The van der Waals surface area contributed by atoms with Crippen LogP contribution < -0.4 is 16.6 Å². The number of rotatable bonds is 4. The second-order valence-corrected chi connectivity index (χ2v) is 5.10. The number of anilines is 2. The van der Waals surface area contributed by atoms with Crippen LogP contribution in [0.5, 0.6) is 0 Å². The van der Waals surface area contributed by atoms with Gasteiger partial charge in [-0.05, 0) is 18.1 Å². The number of carbonyl (C=O) groups excluding carboxylic acids is 1. The van der Waals surface area contributed by atoms with E-state index < -0.39 is 0 Å². The van der Waals surface area contributed by atoms with E-state index in [1.165, 1.54) is 11.3 Å². The van der Waals surface area contributed by atoms with Gasteiger partial charge in [0.05, 0.1) is 5.69 Å². The van der Waals surface area contributed by atoms with Crippen LogP contribution in [0.3, 0.4) is 0 Å². The van der Waals surface area contributed by atoms with Gasteiger partial charge in [-0.25, -0.2) is 15.8 Å². The molecule has 0 aliphatic heterocycles. The molecule has 0 fully saturated rings. The second-order valence-electron chi connectivity index (χ2n) is 4.24. The van der Waals surface area contributed by atoms with Crippen molar-refractivity contribution in [3.63, 3.8) is 0 Å². The number of nitrogens with two attached hydrogens (primary N) is 1. The molecule has 0 bridgehead atoms. The number of hydrogen-bond donors (Lipinski definition) is 3. The summed E-state index contributed by atoms with van der Waals surface area (Å²) in [6, 6.07) is 5.00. The molecule has 2 rings (SSSR count). The number of aromatic nitrogens is 2. The Labute approximate surface area is 115 Å². The smallest absolute Gasteiger partial charge is 0.276 e. The van der Waals surface area contributed by atoms with Gasteiger partial charge < -0.3 is 5.43 Å². The molecule has 1 amide bonds. The Hall–Kier alpha value is -1.99. The third-order valence-electron chi connectivity index (χ3n) is 2.46. The second kappa shape index (κ2) is 5.77. The molecular weight excluding hydrogens is 262 g/mol. The van der Waals surface area contributed by atoms with Crippen LogP contribution in [-0.4, -0.2) is 15.9 Å². The van der Waals surface area contributed by atoms with Gasteiger partial charge in [0.1, 0.15) is 11.5 Å². The number of hydrogen-bond acceptors (Lipinski definition) is 6. The molecule has 2 aromatic heterocycles. The van der Waals surface area contributed by atoms with Gasteiger partial charge in [-0.2, -0.15) is 0 Å². The lowest BCUT2D eigenvalue weighted by atomic mass is 10.2. The summed E-state index contributed by atoms with van der Waals surface area (Å²) in [6.07, 6.45) is 0. The Balaban J connectivity index is 2.11. The standard InChI is InChI=1S/C12H15N5OS/c1-7(2)9-6-19-12(15-9)16-11(18)8-4-3-5-10(14-8)17-13/h3-7H,13H2,1-2H3,(H,14,17)(H,15,16,18). The van der Waals surface area contributed by atoms with E-state index in [1.54, 1.807) is 18.2 Å². The van der Waals surface area contributed by atoms with E-state index in [0.717, 1.165) is 5.69 Å². The third kappa shape index (κ3) is 3.27. The Bertz CT molecular complexity index is 581. The predicted molar refractivity (Wildman–Crippen MR) is 76.2 cm³/mol. The number of nitrogens with one attached hydrogen (secondary N) is 2. The zero-order valence-corrected chi connectivity index (χ0v) is 11.5. The van der Waals surface area contributed by atoms with Crippen LogP contribution >= 0.6 is 11.3 Å². The quantitative estimate of drug-likeness (QED) is 0.588. The largest absolute Gasteiger partial charge is 0.308 e. The van der Waals surface area contributed by atoms with Crippen LogP contribution in [0.15, 0.2) is 23.6 Å². The minimum Gasteiger partial charge on any atom is -0.308 e. The molecule has 0 aliphatic rings. The zero-order valence-electron chi connectivity index (χ0n) is 10.7. The molecule has 6 nitrogen and oxygen atoms in total. The summed E-state index contributed by atoms with van der Waals surface area (Å²) in [5.41, 5.74) is 3.65. The van der Waals surface area contributed by atoms with Crippen molar-refractivity contribution in [1.82, 2.24) is 9.97 Å². The van der Waals surface area contributed by atoms with Crippen molar-refractivity contribution < 1.29 is 4.79 Å². The number of carbonyl (C=O) groups is 1. The molecule has 0 atom stereocenters. The molecular formula is C12H15N5OS. The van der Waals surface area contributed by atoms with Crippen molar-refractivity contribution in [2.75, 3.05) is 10.7 Å². The highest BCUT2D eigenvalue weighted by Gasteiger charge is 2.11. The number of nitrogens with zero attached hydrogens (tertiary/aromatic N) is 2. The number of amides is 1. The third-order valence-corrected chi connectivity index (χ3v) is 3.24. The molecule has 0 saturated carbocycles. The normalized spacial score (nSPS) is 10.5. The van der Waals surface area contributed by atoms with Gasteiger partial charge in [-0.15, -0.1) is 11.3 Å². The molecule has 4 N–H and O–H groups in total. The molecule has 19 heavy (non-hydrogen) atoms. The summed E-state index contributed by atoms with van der Waals surface area (Å²) < 4.78 is 0. The van der Waals surface area contributed by atoms with Gasteiger partial charge in [0, 0.05) is 5.38 Å². The first-order valence-corrected chi connectivity index (χ1v) is 6.68. The van der Waals surface area contributed by atoms with Crippen molar-refractivity contribution in [1.29, 1.82) is 0 Å². The van der Waals surface area contributed by atoms with Crippen LogP contribution in [0, 0.1) is 0 Å². The number of hydrazine groups is 1. The van der Waals surface area contributed by atoms with Gasteiger partial charge in [0.15, 0.2) is 5.13 Å². The van der Waals surface area contributed by atoms with E-state index in [1.807, 2.05) is 5.38 Å². The van der Waals surface area contributed by atoms with Gasteiger partial charge in [-0.3, -0.25) is 10.1 Å². The number of pyridine rings is 1. The minimum atomic E-state index is -0.304. The van der Waals surface area contributed by atoms with Crippen LogP contribution in [0.25, 0.3) is 0 Å². The van der Waals surface area contributed by atoms with Gasteiger partial charge in [-0.1, -0.05) is 19.9 Å². The monoisotopic (exact) mass is 277 g/mol. The predicted octanol–water partition coefficient (Wildman–Crippen LogP) is 2.20. The van der Waals surface area contributed by atoms with Gasteiger partial charge >= 0.3 is 0 Å². The lowest BCUT2D eigenvalue weighted by molar-refractivity contribution is 0.102. The molecule has 0 aliphatic carbocycles. The highest BCUT2D eigenvalue weighted by Crippen LogP contribution is 2.21. The molecule has 7 heteroatoms. The molecule has 2 heterocycles. The summed E-state index contributed by atoms with van der Waals surface area (Å²) in [5.74, 6) is 5.73. The molecule has 0 radical (unpaired) electrons. The van der Waals surface area contributed by atoms with Crippen LogP contribution in [0.4, 0.5) is 10.9 Å². The summed E-state index contributed by atoms with van der Waals surface area (Å²) in [6.45, 7) is 4.11. The summed E-state index contributed by atoms with van der Waals surface area (Å²) in [5, 5.41) is 5.23. The van der Waals surface area contributed by atoms with E-state index in [9.17, 15) is 4.79 Å². The van der Waals surface area contributed by atoms with Crippen LogP contribution in [0.2, 0.25) is 0 Å². The molecule has 0 spiro atoms. The maximum atomic E-state index is 12.0. The van der Waals surface area contributed by atoms with Crippen molar-refractivity contribution in [3.05, 3.63) is 35.0 Å². The zero-order chi connectivity index (χ0) is 13.8. The topological polar surface area (TPSA) is 92.9 Å². The van der Waals surface area contributed by atoms with Crippen molar-refractivity contribution >= 4 is 28.2 Å². The average molecular weight is 277 g/mol. The molecule has 0 aromatic carbocycles. The first-order chi connectivity index (χ1) is 9.10. The maximum Gasteiger partial charge on any atom is 0.276 e. The molecule has 0 unspecified atom stereocenters. The SMILES string of the molecule is CC(C)c1csc(NC(=O)c2cccc(NN)n2)n1. The van der Waals surface area contributed by atoms with E-state index in [0.29, 0.717) is 16.9 Å². The fraction of sp³-hybridized carbons (Fsp3) is 0.250. The van der Waals surface area contributed by atoms with Crippen LogP contribution in [-0.2, 0) is 0 Å². The van der Waals surface area contributed by atoms with Crippen molar-refractivity contribution in [3.8, 4) is 0 Å². The van der Waals surface area contributed by atoms with Crippen LogP contribution in [0.1, 0.15) is 35.9 Å². The maximum absolute atomic E-state index is 12.0. The Kier molecular flexibility index (Phi) is 4.08. The lowest BCUT2D eigenvalue weighted by Gasteiger charge is -2.03. The fourth-order valence-corrected chi connectivity index (χ4v) is 2.28. The number of nitrogen functional groups attached to an aromatic ring is 1. The van der Waals surface area contributed by atoms with Crippen molar-refractivity contribution in [2.24, 2.45) is 5.84 Å². The highest BCUT2D eigenvalue weighted by molar-refractivity contribution is 7.14. The van der Waals surface area contributed by atoms with E-state index in [2.05, 4.69) is 34.6 Å². The molecule has 0 saturated heterocycles. The summed E-state index contributed by atoms with van der Waals surface area (Å²) in [7, 11) is 0. The molecule has 100 valence electrons. The lowest BCUT2D eigenvalue weighted by Crippen LogP contribution is -2.16. The Morgan fingerprint density at radius 3 is 2.79 bits per heavy atom. The average Bonchev–Trinajstić information content (AvgIpc) is 2.87. The summed E-state index contributed by atoms with van der Waals surface area (Å²) in [4.78, 5) is 20.4. The van der Waals surface area contributed by atoms with Gasteiger partial charge in [0.25, 0.3) is 5.91 Å². The Morgan fingerprint density at radius 1 is 1.37 bits per heavy atom. The van der Waals surface area contributed by atoms with E-state index in [4.69, 9.17) is 5.84 Å². The summed E-state index contributed by atoms with van der Waals surface area (Å²) >= 11 is 1.40. The van der Waals surface area contributed by atoms with E-state index >= 15 is 0 Å².